The summed E-state index contributed by atoms with van der Waals surface area (Å²) in [5, 5.41) is 9.01. The van der Waals surface area contributed by atoms with Crippen molar-refractivity contribution >= 4 is 35.8 Å². The minimum atomic E-state index is -0.0672. The summed E-state index contributed by atoms with van der Waals surface area (Å²) in [6.07, 6.45) is 0. The average molecular weight is 356 g/mol. The number of aliphatic imine (C=N–C) groups is 1. The molecule has 6 heteroatoms. The fourth-order valence-corrected chi connectivity index (χ4v) is 1.07. The van der Waals surface area contributed by atoms with Gasteiger partial charge in [0.05, 0.1) is 0 Å². The Morgan fingerprint density at radius 2 is 1.65 bits per heavy atom. The zero-order chi connectivity index (χ0) is 12.6. The molecule has 0 rings (SSSR count). The largest absolute Gasteiger partial charge is 0.357 e. The third kappa shape index (κ3) is 11.7. The van der Waals surface area contributed by atoms with Gasteiger partial charge in [-0.15, -0.1) is 24.0 Å². The minimum absolute atomic E-state index is 0. The second kappa shape index (κ2) is 9.49. The summed E-state index contributed by atoms with van der Waals surface area (Å²) in [6.45, 7) is 11.6. The molecule has 17 heavy (non-hydrogen) atoms. The molecule has 0 radical (unpaired) electrons. The molecular formula is C11H25IN4O. The molecule has 0 aromatic carbocycles. The van der Waals surface area contributed by atoms with Crippen molar-refractivity contribution in [2.75, 3.05) is 19.6 Å². The summed E-state index contributed by atoms with van der Waals surface area (Å²) in [5.41, 5.74) is -0.0672. The van der Waals surface area contributed by atoms with E-state index in [4.69, 9.17) is 0 Å². The Hall–Kier alpha value is -0.530. The molecule has 1 amide bonds. The van der Waals surface area contributed by atoms with E-state index in [2.05, 4.69) is 20.9 Å². The lowest BCUT2D eigenvalue weighted by Gasteiger charge is -2.23. The van der Waals surface area contributed by atoms with Crippen molar-refractivity contribution in [3.8, 4) is 0 Å². The Bertz CT molecular complexity index is 248. The second-order valence-corrected chi connectivity index (χ2v) is 4.52. The Kier molecular flexibility index (Phi) is 10.5. The number of carbonyl (C=O) groups is 1. The normalized spacial score (nSPS) is 11.5. The lowest BCUT2D eigenvalue weighted by atomic mass is 10.1. The number of rotatable bonds is 4. The van der Waals surface area contributed by atoms with Crippen LogP contribution in [0.25, 0.3) is 0 Å². The van der Waals surface area contributed by atoms with E-state index in [9.17, 15) is 4.79 Å². The van der Waals surface area contributed by atoms with Gasteiger partial charge < -0.3 is 16.0 Å². The van der Waals surface area contributed by atoms with Crippen LogP contribution in [0.2, 0.25) is 0 Å². The fraction of sp³-hybridized carbons (Fsp3) is 0.818. The first-order chi connectivity index (χ1) is 7.39. The Balaban J connectivity index is 0. The van der Waals surface area contributed by atoms with Gasteiger partial charge in [-0.1, -0.05) is 0 Å². The minimum Gasteiger partial charge on any atom is -0.357 e. The van der Waals surface area contributed by atoms with E-state index >= 15 is 0 Å². The Morgan fingerprint density at radius 1 is 1.12 bits per heavy atom. The third-order valence-corrected chi connectivity index (χ3v) is 1.59. The van der Waals surface area contributed by atoms with Crippen LogP contribution in [-0.2, 0) is 4.79 Å². The monoisotopic (exact) mass is 356 g/mol. The molecule has 0 aromatic heterocycles. The van der Waals surface area contributed by atoms with Crippen LogP contribution in [0.3, 0.4) is 0 Å². The Morgan fingerprint density at radius 3 is 2.06 bits per heavy atom. The molecule has 0 fully saturated rings. The van der Waals surface area contributed by atoms with Crippen molar-refractivity contribution in [2.24, 2.45) is 4.99 Å². The number of nitrogens with zero attached hydrogens (tertiary/aromatic N) is 1. The van der Waals surface area contributed by atoms with Gasteiger partial charge in [-0.25, -0.2) is 4.99 Å². The molecular weight excluding hydrogens is 331 g/mol. The van der Waals surface area contributed by atoms with E-state index in [1.54, 1.807) is 0 Å². The van der Waals surface area contributed by atoms with Crippen molar-refractivity contribution in [1.29, 1.82) is 0 Å². The summed E-state index contributed by atoms with van der Waals surface area (Å²) < 4.78 is 0. The topological polar surface area (TPSA) is 65.5 Å². The second-order valence-electron chi connectivity index (χ2n) is 4.52. The zero-order valence-corrected chi connectivity index (χ0v) is 13.7. The van der Waals surface area contributed by atoms with Gasteiger partial charge in [0.2, 0.25) is 5.91 Å². The van der Waals surface area contributed by atoms with Crippen LogP contribution < -0.4 is 16.0 Å². The highest BCUT2D eigenvalue weighted by molar-refractivity contribution is 14.0. The Labute approximate surface area is 121 Å². The van der Waals surface area contributed by atoms with E-state index in [1.165, 1.54) is 0 Å². The molecule has 0 aliphatic heterocycles. The molecule has 0 aliphatic carbocycles. The lowest BCUT2D eigenvalue weighted by Crippen LogP contribution is -2.48. The number of hydrogen-bond donors (Lipinski definition) is 3. The number of nitrogens with one attached hydrogen (secondary N) is 3. The molecule has 0 heterocycles. The first-order valence-electron chi connectivity index (χ1n) is 5.72. The maximum Gasteiger partial charge on any atom is 0.241 e. The van der Waals surface area contributed by atoms with Crippen molar-refractivity contribution < 1.29 is 4.79 Å². The van der Waals surface area contributed by atoms with E-state index in [0.717, 1.165) is 6.54 Å². The van der Waals surface area contributed by atoms with E-state index in [-0.39, 0.29) is 42.0 Å². The molecule has 0 spiro atoms. The zero-order valence-electron chi connectivity index (χ0n) is 11.4. The predicted molar refractivity (Wildman–Crippen MR) is 83.0 cm³/mol. The summed E-state index contributed by atoms with van der Waals surface area (Å²) >= 11 is 0. The van der Waals surface area contributed by atoms with Crippen LogP contribution in [0.5, 0.6) is 0 Å². The SMILES string of the molecule is CCNC(=O)CN=C(NCC)NC(C)(C)C.I. The highest BCUT2D eigenvalue weighted by Gasteiger charge is 2.11. The van der Waals surface area contributed by atoms with Gasteiger partial charge in [0.1, 0.15) is 6.54 Å². The maximum atomic E-state index is 11.2. The van der Waals surface area contributed by atoms with Gasteiger partial charge >= 0.3 is 0 Å². The van der Waals surface area contributed by atoms with Gasteiger partial charge in [0.25, 0.3) is 0 Å². The summed E-state index contributed by atoms with van der Waals surface area (Å²) in [6, 6.07) is 0. The van der Waals surface area contributed by atoms with E-state index in [1.807, 2.05) is 34.6 Å². The van der Waals surface area contributed by atoms with Crippen LogP contribution in [0.15, 0.2) is 4.99 Å². The number of guanidine groups is 1. The highest BCUT2D eigenvalue weighted by Crippen LogP contribution is 1.97. The van der Waals surface area contributed by atoms with Gasteiger partial charge in [-0.3, -0.25) is 4.79 Å². The molecule has 5 nitrogen and oxygen atoms in total. The van der Waals surface area contributed by atoms with Gasteiger partial charge in [0.15, 0.2) is 5.96 Å². The first kappa shape index (κ1) is 18.8. The molecule has 0 bridgehead atoms. The van der Waals surface area contributed by atoms with Crippen molar-refractivity contribution in [3.05, 3.63) is 0 Å². The van der Waals surface area contributed by atoms with Crippen molar-refractivity contribution in [1.82, 2.24) is 16.0 Å². The van der Waals surface area contributed by atoms with Crippen LogP contribution in [-0.4, -0.2) is 37.0 Å². The summed E-state index contributed by atoms with van der Waals surface area (Å²) in [7, 11) is 0. The molecule has 0 saturated heterocycles. The van der Waals surface area contributed by atoms with Crippen molar-refractivity contribution in [2.45, 2.75) is 40.2 Å². The van der Waals surface area contributed by atoms with Gasteiger partial charge in [0, 0.05) is 18.6 Å². The number of carbonyl (C=O) groups excluding carboxylic acids is 1. The maximum absolute atomic E-state index is 11.2. The highest BCUT2D eigenvalue weighted by atomic mass is 127. The number of hydrogen-bond acceptors (Lipinski definition) is 2. The quantitative estimate of drug-likeness (QED) is 0.402. The van der Waals surface area contributed by atoms with Crippen LogP contribution >= 0.6 is 24.0 Å². The summed E-state index contributed by atoms with van der Waals surface area (Å²) in [5.74, 6) is 0.606. The van der Waals surface area contributed by atoms with Crippen LogP contribution in [0.1, 0.15) is 34.6 Å². The first-order valence-corrected chi connectivity index (χ1v) is 5.72. The lowest BCUT2D eigenvalue weighted by molar-refractivity contribution is -0.119. The van der Waals surface area contributed by atoms with Crippen LogP contribution in [0, 0.1) is 0 Å². The fourth-order valence-electron chi connectivity index (χ4n) is 1.07. The smallest absolute Gasteiger partial charge is 0.241 e. The third-order valence-electron chi connectivity index (χ3n) is 1.59. The number of halogens is 1. The predicted octanol–water partition coefficient (Wildman–Crippen LogP) is 1.09. The molecule has 0 atom stereocenters. The number of likely N-dealkylation sites (N-methyl/N-ethyl adjacent to an activating group) is 1. The molecule has 0 saturated carbocycles. The molecule has 0 aromatic rings. The summed E-state index contributed by atoms with van der Waals surface area (Å²) in [4.78, 5) is 15.4. The molecule has 0 unspecified atom stereocenters. The average Bonchev–Trinajstić information content (AvgIpc) is 2.13. The standard InChI is InChI=1S/C11H24N4O.HI/c1-6-12-9(16)8-14-10(13-7-2)15-11(3,4)5;/h6-8H2,1-5H3,(H,12,16)(H2,13,14,15);1H. The number of amides is 1. The van der Waals surface area contributed by atoms with Crippen LogP contribution in [0.4, 0.5) is 0 Å². The van der Waals surface area contributed by atoms with E-state index in [0.29, 0.717) is 12.5 Å². The van der Waals surface area contributed by atoms with Gasteiger partial charge in [-0.2, -0.15) is 0 Å². The van der Waals surface area contributed by atoms with Gasteiger partial charge in [-0.05, 0) is 34.6 Å². The molecule has 102 valence electrons. The van der Waals surface area contributed by atoms with E-state index < -0.39 is 0 Å². The molecule has 0 aliphatic rings. The van der Waals surface area contributed by atoms with Crippen molar-refractivity contribution in [3.63, 3.8) is 0 Å². The molecule has 3 N–H and O–H groups in total.